The summed E-state index contributed by atoms with van der Waals surface area (Å²) in [6, 6.07) is 0. The molecule has 4 nitrogen and oxygen atoms in total. The largest absolute Gasteiger partial charge is 0.362 e. The van der Waals surface area contributed by atoms with Gasteiger partial charge in [-0.05, 0) is 22.4 Å². The van der Waals surface area contributed by atoms with E-state index in [4.69, 9.17) is 0 Å². The number of nitrogens with zero attached hydrogens (tertiary/aromatic N) is 4. The van der Waals surface area contributed by atoms with Gasteiger partial charge in [0.05, 0.1) is 13.3 Å². The van der Waals surface area contributed by atoms with Crippen molar-refractivity contribution in [3.8, 4) is 0 Å². The Morgan fingerprint density at radius 2 is 1.44 bits per heavy atom. The lowest BCUT2D eigenvalue weighted by Gasteiger charge is -2.43. The molecule has 0 unspecified atom stereocenters. The summed E-state index contributed by atoms with van der Waals surface area (Å²) in [5, 5.41) is 0. The molecule has 0 aliphatic carbocycles. The number of rotatable bonds is 3. The van der Waals surface area contributed by atoms with E-state index in [2.05, 4.69) is 81.3 Å². The van der Waals surface area contributed by atoms with Crippen LogP contribution < -0.4 is 0 Å². The summed E-state index contributed by atoms with van der Waals surface area (Å²) in [4.78, 5) is 8.98. The zero-order valence-electron chi connectivity index (χ0n) is 10.1. The molecule has 2 aliphatic rings. The van der Waals surface area contributed by atoms with Crippen molar-refractivity contribution in [3.05, 3.63) is 24.8 Å². The van der Waals surface area contributed by atoms with Crippen molar-refractivity contribution in [2.24, 2.45) is 0 Å². The number of hydrogen-bond acceptors (Lipinski definition) is 4. The van der Waals surface area contributed by atoms with E-state index in [0.717, 1.165) is 19.8 Å². The van der Waals surface area contributed by atoms with Crippen LogP contribution in [0.25, 0.3) is 0 Å². The molecule has 0 saturated heterocycles. The first kappa shape index (κ1) is 11.6. The lowest BCUT2D eigenvalue weighted by molar-refractivity contribution is 0.0645. The Morgan fingerprint density at radius 1 is 1.00 bits per heavy atom. The van der Waals surface area contributed by atoms with Crippen molar-refractivity contribution in [3.63, 3.8) is 0 Å². The highest BCUT2D eigenvalue weighted by atomic mass is 79.9. The smallest absolute Gasteiger partial charge is 0.172 e. The molecular formula is C11H19BrN4. The van der Waals surface area contributed by atoms with E-state index in [9.17, 15) is 0 Å². The molecule has 0 atom stereocenters. The molecule has 2 rings (SSSR count). The summed E-state index contributed by atoms with van der Waals surface area (Å²) >= 11 is 3.89. The Bertz CT molecular complexity index is 289. The fourth-order valence-corrected chi connectivity index (χ4v) is 2.53. The quantitative estimate of drug-likeness (QED) is 0.579. The normalized spacial score (nSPS) is 20.5. The molecule has 0 bridgehead atoms. The minimum absolute atomic E-state index is 0.116. The third-order valence-corrected chi connectivity index (χ3v) is 4.55. The van der Waals surface area contributed by atoms with E-state index in [0.29, 0.717) is 0 Å². The average molecular weight is 287 g/mol. The molecule has 90 valence electrons. The third-order valence-electron chi connectivity index (χ3n) is 3.08. The Hall–Kier alpha value is -0.840. The van der Waals surface area contributed by atoms with Gasteiger partial charge in [0.25, 0.3) is 0 Å². The van der Waals surface area contributed by atoms with Crippen molar-refractivity contribution in [2.75, 3.05) is 27.4 Å². The summed E-state index contributed by atoms with van der Waals surface area (Å²) in [5.41, 5.74) is 0. The minimum Gasteiger partial charge on any atom is -0.362 e. The van der Waals surface area contributed by atoms with Gasteiger partial charge in [-0.1, -0.05) is 6.92 Å². The van der Waals surface area contributed by atoms with Gasteiger partial charge in [-0.3, -0.25) is 0 Å². The molecule has 0 radical (unpaired) electrons. The Balaban J connectivity index is 2.13. The molecule has 0 aromatic rings. The summed E-state index contributed by atoms with van der Waals surface area (Å²) in [6.07, 6.45) is 9.52. The van der Waals surface area contributed by atoms with Crippen LogP contribution in [-0.4, -0.2) is 51.6 Å². The molecule has 0 aromatic heterocycles. The Labute approximate surface area is 106 Å². The van der Waals surface area contributed by atoms with E-state index in [1.807, 2.05) is 0 Å². The van der Waals surface area contributed by atoms with Crippen LogP contribution in [-0.2, 0) is 0 Å². The van der Waals surface area contributed by atoms with Gasteiger partial charge in [0.1, 0.15) is 0 Å². The standard InChI is InChI=1S/C11H19BrN4/c1-4-11(12,15-7-5-13(2)9-15)16-8-6-14(3)10-16/h5-8H,4,9-10H2,1-3H3. The highest BCUT2D eigenvalue weighted by Crippen LogP contribution is 2.35. The van der Waals surface area contributed by atoms with Crippen molar-refractivity contribution in [1.82, 2.24) is 19.6 Å². The summed E-state index contributed by atoms with van der Waals surface area (Å²) in [5.74, 6) is 0. The molecule has 0 saturated carbocycles. The topological polar surface area (TPSA) is 13.0 Å². The van der Waals surface area contributed by atoms with Gasteiger partial charge in [-0.15, -0.1) is 0 Å². The molecule has 0 fully saturated rings. The van der Waals surface area contributed by atoms with E-state index >= 15 is 0 Å². The SMILES string of the molecule is CCC(Br)(N1C=CN(C)C1)N1C=CN(C)C1. The first-order valence-electron chi connectivity index (χ1n) is 5.56. The van der Waals surface area contributed by atoms with Crippen LogP contribution in [0.5, 0.6) is 0 Å². The van der Waals surface area contributed by atoms with E-state index in [1.165, 1.54) is 0 Å². The summed E-state index contributed by atoms with van der Waals surface area (Å²) in [6.45, 7) is 4.05. The average Bonchev–Trinajstić information content (AvgIpc) is 2.86. The van der Waals surface area contributed by atoms with Gasteiger partial charge < -0.3 is 19.6 Å². The van der Waals surface area contributed by atoms with Gasteiger partial charge in [-0.2, -0.15) is 0 Å². The molecule has 5 heteroatoms. The second-order valence-electron chi connectivity index (χ2n) is 4.41. The van der Waals surface area contributed by atoms with Gasteiger partial charge in [0.2, 0.25) is 0 Å². The molecule has 0 spiro atoms. The van der Waals surface area contributed by atoms with E-state index in [1.54, 1.807) is 0 Å². The van der Waals surface area contributed by atoms with Gasteiger partial charge in [-0.25, -0.2) is 0 Å². The maximum absolute atomic E-state index is 3.89. The molecule has 16 heavy (non-hydrogen) atoms. The summed E-state index contributed by atoms with van der Waals surface area (Å²) < 4.78 is -0.116. The highest BCUT2D eigenvalue weighted by molar-refractivity contribution is 9.10. The Kier molecular flexibility index (Phi) is 3.06. The zero-order valence-corrected chi connectivity index (χ0v) is 11.7. The van der Waals surface area contributed by atoms with Gasteiger partial charge in [0.15, 0.2) is 4.57 Å². The highest BCUT2D eigenvalue weighted by Gasteiger charge is 2.38. The first-order chi connectivity index (χ1) is 7.56. The van der Waals surface area contributed by atoms with Gasteiger partial charge in [0, 0.05) is 38.9 Å². The lowest BCUT2D eigenvalue weighted by atomic mass is 10.3. The second-order valence-corrected chi connectivity index (χ2v) is 5.68. The van der Waals surface area contributed by atoms with Crippen LogP contribution in [0.1, 0.15) is 13.3 Å². The molecular weight excluding hydrogens is 268 g/mol. The van der Waals surface area contributed by atoms with Crippen LogP contribution in [0.3, 0.4) is 0 Å². The molecule has 2 aliphatic heterocycles. The molecule has 0 aromatic carbocycles. The van der Waals surface area contributed by atoms with Crippen molar-refractivity contribution >= 4 is 15.9 Å². The maximum atomic E-state index is 3.89. The predicted octanol–water partition coefficient (Wildman–Crippen LogP) is 1.80. The van der Waals surface area contributed by atoms with Crippen LogP contribution in [0.15, 0.2) is 24.8 Å². The van der Waals surface area contributed by atoms with Crippen LogP contribution in [0.2, 0.25) is 0 Å². The second kappa shape index (κ2) is 4.20. The van der Waals surface area contributed by atoms with E-state index in [-0.39, 0.29) is 4.57 Å². The third kappa shape index (κ3) is 1.88. The molecule has 0 amide bonds. The summed E-state index contributed by atoms with van der Waals surface area (Å²) in [7, 11) is 4.18. The number of hydrogen-bond donors (Lipinski definition) is 0. The van der Waals surface area contributed by atoms with Crippen molar-refractivity contribution < 1.29 is 0 Å². The van der Waals surface area contributed by atoms with Gasteiger partial charge >= 0.3 is 0 Å². The first-order valence-corrected chi connectivity index (χ1v) is 6.35. The molecule has 0 N–H and O–H groups in total. The number of alkyl halides is 1. The fourth-order valence-electron chi connectivity index (χ4n) is 2.07. The predicted molar refractivity (Wildman–Crippen MR) is 69.2 cm³/mol. The van der Waals surface area contributed by atoms with E-state index < -0.39 is 0 Å². The van der Waals surface area contributed by atoms with Crippen molar-refractivity contribution in [1.29, 1.82) is 0 Å². The number of halogens is 1. The minimum atomic E-state index is -0.116. The fraction of sp³-hybridized carbons (Fsp3) is 0.636. The van der Waals surface area contributed by atoms with Crippen LogP contribution in [0, 0.1) is 0 Å². The van der Waals surface area contributed by atoms with Crippen LogP contribution >= 0.6 is 15.9 Å². The Morgan fingerprint density at radius 3 is 1.69 bits per heavy atom. The van der Waals surface area contributed by atoms with Crippen molar-refractivity contribution in [2.45, 2.75) is 17.9 Å². The lowest BCUT2D eigenvalue weighted by Crippen LogP contribution is -2.52. The van der Waals surface area contributed by atoms with Crippen LogP contribution in [0.4, 0.5) is 0 Å². The zero-order chi connectivity index (χ0) is 11.8. The monoisotopic (exact) mass is 286 g/mol. The maximum Gasteiger partial charge on any atom is 0.172 e. The molecule has 2 heterocycles.